The molecule has 0 bridgehead atoms. The van der Waals surface area contributed by atoms with Gasteiger partial charge < -0.3 is 10.1 Å². The summed E-state index contributed by atoms with van der Waals surface area (Å²) >= 11 is 0. The highest BCUT2D eigenvalue weighted by Gasteiger charge is 2.39. The number of aromatic nitrogens is 1. The minimum atomic E-state index is -0.439. The van der Waals surface area contributed by atoms with Gasteiger partial charge in [0.05, 0.1) is 30.3 Å². The van der Waals surface area contributed by atoms with Crippen LogP contribution < -0.4 is 15.0 Å². The SMILES string of the molecule is CCOc1cccc(CNC(=O)C[C@H]2c3ncccc3C(=O)N2c2ccccc2)c1. The Morgan fingerprint density at radius 3 is 2.73 bits per heavy atom. The molecule has 0 fully saturated rings. The van der Waals surface area contributed by atoms with E-state index < -0.39 is 6.04 Å². The van der Waals surface area contributed by atoms with Crippen LogP contribution in [-0.2, 0) is 11.3 Å². The number of hydrogen-bond acceptors (Lipinski definition) is 4. The van der Waals surface area contributed by atoms with Gasteiger partial charge in [0.25, 0.3) is 5.91 Å². The summed E-state index contributed by atoms with van der Waals surface area (Å²) in [4.78, 5) is 31.8. The fourth-order valence-corrected chi connectivity index (χ4v) is 3.69. The number of rotatable bonds is 7. The summed E-state index contributed by atoms with van der Waals surface area (Å²) in [6.45, 7) is 2.91. The molecule has 0 radical (unpaired) electrons. The van der Waals surface area contributed by atoms with Crippen LogP contribution >= 0.6 is 0 Å². The molecule has 4 rings (SSSR count). The second kappa shape index (κ2) is 8.78. The van der Waals surface area contributed by atoms with Gasteiger partial charge in [0, 0.05) is 18.4 Å². The molecule has 0 saturated heterocycles. The smallest absolute Gasteiger partial charge is 0.260 e. The second-order valence-corrected chi connectivity index (χ2v) is 7.02. The fraction of sp³-hybridized carbons (Fsp3) is 0.208. The number of amides is 2. The maximum Gasteiger partial charge on any atom is 0.260 e. The third-order valence-electron chi connectivity index (χ3n) is 5.03. The Kier molecular flexibility index (Phi) is 5.75. The quantitative estimate of drug-likeness (QED) is 0.652. The highest BCUT2D eigenvalue weighted by molar-refractivity contribution is 6.11. The van der Waals surface area contributed by atoms with Crippen molar-refractivity contribution in [2.75, 3.05) is 11.5 Å². The molecule has 1 aliphatic rings. The molecule has 0 aliphatic carbocycles. The fourth-order valence-electron chi connectivity index (χ4n) is 3.69. The lowest BCUT2D eigenvalue weighted by molar-refractivity contribution is -0.121. The summed E-state index contributed by atoms with van der Waals surface area (Å²) < 4.78 is 5.51. The van der Waals surface area contributed by atoms with Crippen LogP contribution in [0.15, 0.2) is 72.9 Å². The Morgan fingerprint density at radius 2 is 1.93 bits per heavy atom. The lowest BCUT2D eigenvalue weighted by Gasteiger charge is -2.24. The number of carbonyl (C=O) groups excluding carboxylic acids is 2. The van der Waals surface area contributed by atoms with Gasteiger partial charge >= 0.3 is 0 Å². The standard InChI is InChI=1S/C24H23N3O3/c1-2-30-19-11-6-8-17(14-19)16-26-22(28)15-21-23-20(12-7-13-25-23)24(29)27(21)18-9-4-3-5-10-18/h3-14,21H,2,15-16H2,1H3,(H,26,28)/t21-/m0/s1. The number of para-hydroxylation sites is 1. The predicted octanol–water partition coefficient (Wildman–Crippen LogP) is 3.89. The lowest BCUT2D eigenvalue weighted by Crippen LogP contribution is -2.32. The highest BCUT2D eigenvalue weighted by atomic mass is 16.5. The number of nitrogens with zero attached hydrogens (tertiary/aromatic N) is 2. The van der Waals surface area contributed by atoms with E-state index >= 15 is 0 Å². The molecule has 0 saturated carbocycles. The normalized spacial score (nSPS) is 15.0. The molecule has 0 unspecified atom stereocenters. The number of ether oxygens (including phenoxy) is 1. The van der Waals surface area contributed by atoms with Gasteiger partial charge in [0.1, 0.15) is 5.75 Å². The van der Waals surface area contributed by atoms with E-state index in [0.717, 1.165) is 17.0 Å². The first kappa shape index (κ1) is 19.6. The van der Waals surface area contributed by atoms with Crippen LogP contribution in [0.4, 0.5) is 5.69 Å². The molecule has 0 spiro atoms. The van der Waals surface area contributed by atoms with Gasteiger partial charge in [-0.15, -0.1) is 0 Å². The summed E-state index contributed by atoms with van der Waals surface area (Å²) in [6.07, 6.45) is 1.79. The molecule has 2 heterocycles. The molecular weight excluding hydrogens is 378 g/mol. The minimum absolute atomic E-state index is 0.133. The Bertz CT molecular complexity index is 1050. The van der Waals surface area contributed by atoms with Crippen molar-refractivity contribution in [1.82, 2.24) is 10.3 Å². The van der Waals surface area contributed by atoms with Crippen LogP contribution in [0, 0.1) is 0 Å². The summed E-state index contributed by atoms with van der Waals surface area (Å²) in [6, 6.07) is 20.1. The minimum Gasteiger partial charge on any atom is -0.494 e. The first-order chi connectivity index (χ1) is 14.7. The van der Waals surface area contributed by atoms with Crippen molar-refractivity contribution in [3.63, 3.8) is 0 Å². The predicted molar refractivity (Wildman–Crippen MR) is 114 cm³/mol. The van der Waals surface area contributed by atoms with Crippen LogP contribution in [-0.4, -0.2) is 23.4 Å². The van der Waals surface area contributed by atoms with Crippen LogP contribution in [0.1, 0.15) is 41.0 Å². The van der Waals surface area contributed by atoms with E-state index in [0.29, 0.717) is 24.4 Å². The topological polar surface area (TPSA) is 71.5 Å². The number of pyridine rings is 1. The Hall–Kier alpha value is -3.67. The zero-order chi connectivity index (χ0) is 20.9. The molecule has 30 heavy (non-hydrogen) atoms. The zero-order valence-electron chi connectivity index (χ0n) is 16.7. The molecule has 2 aromatic carbocycles. The maximum absolute atomic E-state index is 13.0. The van der Waals surface area contributed by atoms with Crippen LogP contribution in [0.2, 0.25) is 0 Å². The van der Waals surface area contributed by atoms with E-state index in [1.54, 1.807) is 23.2 Å². The molecule has 1 aliphatic heterocycles. The van der Waals surface area contributed by atoms with Gasteiger partial charge in [0.2, 0.25) is 5.91 Å². The summed E-state index contributed by atoms with van der Waals surface area (Å²) in [7, 11) is 0. The van der Waals surface area contributed by atoms with Crippen molar-refractivity contribution < 1.29 is 14.3 Å². The van der Waals surface area contributed by atoms with E-state index in [4.69, 9.17) is 4.74 Å². The summed E-state index contributed by atoms with van der Waals surface area (Å²) in [5.41, 5.74) is 2.89. The van der Waals surface area contributed by atoms with E-state index in [-0.39, 0.29) is 18.2 Å². The third kappa shape index (κ3) is 4.03. The molecule has 1 atom stereocenters. The Labute approximate surface area is 175 Å². The molecule has 152 valence electrons. The summed E-state index contributed by atoms with van der Waals surface area (Å²) in [5, 5.41) is 2.95. The van der Waals surface area contributed by atoms with E-state index in [1.165, 1.54) is 0 Å². The maximum atomic E-state index is 13.0. The van der Waals surface area contributed by atoms with Crippen molar-refractivity contribution in [3.8, 4) is 5.75 Å². The molecule has 1 N–H and O–H groups in total. The largest absolute Gasteiger partial charge is 0.494 e. The molecular formula is C24H23N3O3. The zero-order valence-corrected chi connectivity index (χ0v) is 16.7. The van der Waals surface area contributed by atoms with E-state index in [2.05, 4.69) is 10.3 Å². The van der Waals surface area contributed by atoms with Crippen molar-refractivity contribution in [3.05, 3.63) is 89.7 Å². The monoisotopic (exact) mass is 401 g/mol. The van der Waals surface area contributed by atoms with Crippen LogP contribution in [0.3, 0.4) is 0 Å². The molecule has 6 nitrogen and oxygen atoms in total. The van der Waals surface area contributed by atoms with Crippen LogP contribution in [0.25, 0.3) is 0 Å². The van der Waals surface area contributed by atoms with E-state index in [1.807, 2.05) is 61.5 Å². The van der Waals surface area contributed by atoms with Crippen molar-refractivity contribution >= 4 is 17.5 Å². The average Bonchev–Trinajstić information content (AvgIpc) is 3.05. The molecule has 6 heteroatoms. The number of anilines is 1. The number of hydrogen-bond donors (Lipinski definition) is 1. The number of benzene rings is 2. The third-order valence-corrected chi connectivity index (χ3v) is 5.03. The van der Waals surface area contributed by atoms with Gasteiger partial charge in [-0.1, -0.05) is 30.3 Å². The van der Waals surface area contributed by atoms with Crippen molar-refractivity contribution in [2.24, 2.45) is 0 Å². The van der Waals surface area contributed by atoms with Gasteiger partial charge in [-0.05, 0) is 48.9 Å². The highest BCUT2D eigenvalue weighted by Crippen LogP contribution is 2.38. The van der Waals surface area contributed by atoms with Crippen LogP contribution in [0.5, 0.6) is 5.75 Å². The van der Waals surface area contributed by atoms with E-state index in [9.17, 15) is 9.59 Å². The van der Waals surface area contributed by atoms with Gasteiger partial charge in [0.15, 0.2) is 0 Å². The molecule has 1 aromatic heterocycles. The van der Waals surface area contributed by atoms with Gasteiger partial charge in [-0.2, -0.15) is 0 Å². The first-order valence-electron chi connectivity index (χ1n) is 9.99. The van der Waals surface area contributed by atoms with Gasteiger partial charge in [-0.25, -0.2) is 0 Å². The molecule has 2 amide bonds. The Morgan fingerprint density at radius 1 is 1.10 bits per heavy atom. The average molecular weight is 401 g/mol. The number of fused-ring (bicyclic) bond motifs is 1. The summed E-state index contributed by atoms with van der Waals surface area (Å²) in [5.74, 6) is 0.500. The van der Waals surface area contributed by atoms with Crippen molar-refractivity contribution in [2.45, 2.75) is 25.9 Å². The van der Waals surface area contributed by atoms with Crippen molar-refractivity contribution in [1.29, 1.82) is 0 Å². The molecule has 3 aromatic rings. The van der Waals surface area contributed by atoms with Gasteiger partial charge in [-0.3, -0.25) is 19.5 Å². The Balaban J connectivity index is 1.50. The number of carbonyl (C=O) groups is 2. The lowest BCUT2D eigenvalue weighted by atomic mass is 10.1. The number of nitrogens with one attached hydrogen (secondary N) is 1. The first-order valence-corrected chi connectivity index (χ1v) is 9.99. The second-order valence-electron chi connectivity index (χ2n) is 7.02.